The van der Waals surface area contributed by atoms with Gasteiger partial charge in [0.2, 0.25) is 0 Å². The van der Waals surface area contributed by atoms with E-state index in [9.17, 15) is 0 Å². The Morgan fingerprint density at radius 1 is 0.947 bits per heavy atom. The zero-order valence-electron chi connectivity index (χ0n) is 11.6. The number of hydrogen-bond acceptors (Lipinski definition) is 2. The third-order valence-electron chi connectivity index (χ3n) is 5.66. The lowest BCUT2D eigenvalue weighted by Crippen LogP contribution is -2.51. The molecule has 0 heterocycles. The number of hydrogen-bond donors (Lipinski definition) is 1. The lowest BCUT2D eigenvalue weighted by molar-refractivity contribution is 0.00747. The molecule has 5 rings (SSSR count). The van der Waals surface area contributed by atoms with Crippen LogP contribution in [0.25, 0.3) is 0 Å². The van der Waals surface area contributed by atoms with Crippen molar-refractivity contribution in [1.29, 1.82) is 0 Å². The summed E-state index contributed by atoms with van der Waals surface area (Å²) < 4.78 is 0. The van der Waals surface area contributed by atoms with Crippen LogP contribution in [0.15, 0.2) is 29.2 Å². The molecule has 1 aromatic rings. The molecule has 1 N–H and O–H groups in total. The van der Waals surface area contributed by atoms with Crippen molar-refractivity contribution in [1.82, 2.24) is 0 Å². The highest BCUT2D eigenvalue weighted by Gasteiger charge is 2.48. The van der Waals surface area contributed by atoms with E-state index in [0.29, 0.717) is 0 Å². The summed E-state index contributed by atoms with van der Waals surface area (Å²) in [5.74, 6) is 4.03. The molecule has 4 fully saturated rings. The van der Waals surface area contributed by atoms with Gasteiger partial charge in [-0.2, -0.15) is 0 Å². The second-order valence-electron chi connectivity index (χ2n) is 6.80. The van der Waals surface area contributed by atoms with E-state index in [1.807, 2.05) is 11.8 Å². The number of thioether (sulfide) groups is 1. The summed E-state index contributed by atoms with van der Waals surface area (Å²) in [4.78, 5) is 1.40. The zero-order chi connectivity index (χ0) is 12.8. The van der Waals surface area contributed by atoms with Crippen LogP contribution in [0, 0.1) is 23.7 Å². The first-order valence-corrected chi connectivity index (χ1v) is 8.95. The van der Waals surface area contributed by atoms with Crippen molar-refractivity contribution in [2.75, 3.05) is 11.6 Å². The van der Waals surface area contributed by atoms with Gasteiger partial charge in [0.05, 0.1) is 0 Å². The molecule has 102 valence electrons. The fraction of sp³-hybridized carbons (Fsp3) is 0.647. The average molecular weight is 273 g/mol. The molecule has 1 nitrogen and oxygen atoms in total. The van der Waals surface area contributed by atoms with E-state index in [0.717, 1.165) is 29.7 Å². The third kappa shape index (κ3) is 2.08. The summed E-state index contributed by atoms with van der Waals surface area (Å²) in [6.45, 7) is 0. The molecule has 0 unspecified atom stereocenters. The first-order chi connectivity index (χ1) is 9.33. The van der Waals surface area contributed by atoms with Crippen molar-refractivity contribution in [3.8, 4) is 0 Å². The third-order valence-corrected chi connectivity index (χ3v) is 6.45. The maximum absolute atomic E-state index is 3.92. The molecule has 0 spiro atoms. The maximum atomic E-state index is 3.92. The highest BCUT2D eigenvalue weighted by molar-refractivity contribution is 7.98. The molecule has 2 heteroatoms. The first kappa shape index (κ1) is 12.1. The molecule has 0 saturated heterocycles. The number of benzene rings is 1. The van der Waals surface area contributed by atoms with Crippen LogP contribution in [0.3, 0.4) is 0 Å². The predicted molar refractivity (Wildman–Crippen MR) is 82.7 cm³/mol. The van der Waals surface area contributed by atoms with Gasteiger partial charge in [-0.3, -0.25) is 0 Å². The van der Waals surface area contributed by atoms with Gasteiger partial charge in [0.1, 0.15) is 0 Å². The van der Waals surface area contributed by atoms with Crippen LogP contribution in [-0.4, -0.2) is 12.3 Å². The highest BCUT2D eigenvalue weighted by atomic mass is 32.2. The van der Waals surface area contributed by atoms with Crippen LogP contribution in [0.4, 0.5) is 5.69 Å². The first-order valence-electron chi connectivity index (χ1n) is 7.73. The monoisotopic (exact) mass is 273 g/mol. The van der Waals surface area contributed by atoms with Crippen molar-refractivity contribution < 1.29 is 0 Å². The number of nitrogens with one attached hydrogen (secondary N) is 1. The van der Waals surface area contributed by atoms with Crippen molar-refractivity contribution in [2.24, 2.45) is 23.7 Å². The van der Waals surface area contributed by atoms with Gasteiger partial charge in [0.15, 0.2) is 0 Å². The summed E-state index contributed by atoms with van der Waals surface area (Å²) in [6.07, 6.45) is 9.69. The van der Waals surface area contributed by atoms with Gasteiger partial charge in [0.25, 0.3) is 0 Å². The quantitative estimate of drug-likeness (QED) is 0.805. The Morgan fingerprint density at radius 2 is 1.58 bits per heavy atom. The van der Waals surface area contributed by atoms with Crippen LogP contribution < -0.4 is 5.32 Å². The standard InChI is InChI=1S/C17H23NS/c1-19-16-5-3-2-4-15(16)18-17-13-7-11-6-12(9-13)10-14(17)8-11/h2-5,11-14,17-18H,6-10H2,1H3. The summed E-state index contributed by atoms with van der Waals surface area (Å²) in [7, 11) is 0. The maximum Gasteiger partial charge on any atom is 0.0480 e. The van der Waals surface area contributed by atoms with E-state index in [1.165, 1.54) is 36.3 Å². The zero-order valence-corrected chi connectivity index (χ0v) is 12.5. The molecule has 4 bridgehead atoms. The fourth-order valence-corrected chi connectivity index (χ4v) is 5.67. The number of anilines is 1. The summed E-state index contributed by atoms with van der Waals surface area (Å²) >= 11 is 1.86. The molecule has 0 aromatic heterocycles. The Hall–Kier alpha value is -0.630. The van der Waals surface area contributed by atoms with E-state index < -0.39 is 0 Å². The number of para-hydroxylation sites is 1. The second kappa shape index (κ2) is 4.73. The fourth-order valence-electron chi connectivity index (χ4n) is 5.10. The predicted octanol–water partition coefficient (Wildman–Crippen LogP) is 4.65. The Bertz CT molecular complexity index is 442. The molecule has 4 saturated carbocycles. The summed E-state index contributed by atoms with van der Waals surface area (Å²) in [5.41, 5.74) is 1.37. The highest BCUT2D eigenvalue weighted by Crippen LogP contribution is 2.54. The molecule has 4 aliphatic rings. The Kier molecular flexibility index (Phi) is 3.02. The van der Waals surface area contributed by atoms with Gasteiger partial charge in [-0.25, -0.2) is 0 Å². The smallest absolute Gasteiger partial charge is 0.0480 e. The minimum absolute atomic E-state index is 0.751. The molecular formula is C17H23NS. The van der Waals surface area contributed by atoms with Crippen molar-refractivity contribution in [2.45, 2.75) is 43.0 Å². The molecule has 19 heavy (non-hydrogen) atoms. The van der Waals surface area contributed by atoms with Gasteiger partial charge >= 0.3 is 0 Å². The van der Waals surface area contributed by atoms with Crippen LogP contribution >= 0.6 is 11.8 Å². The van der Waals surface area contributed by atoms with E-state index in [-0.39, 0.29) is 0 Å². The van der Waals surface area contributed by atoms with E-state index in [1.54, 1.807) is 6.42 Å². The Balaban J connectivity index is 1.57. The van der Waals surface area contributed by atoms with Crippen LogP contribution in [0.5, 0.6) is 0 Å². The summed E-state index contributed by atoms with van der Waals surface area (Å²) in [6, 6.07) is 9.56. The molecule has 4 aliphatic carbocycles. The van der Waals surface area contributed by atoms with E-state index in [2.05, 4.69) is 35.8 Å². The molecule has 1 aromatic carbocycles. The van der Waals surface area contributed by atoms with Crippen molar-refractivity contribution in [3.63, 3.8) is 0 Å². The molecule has 0 aliphatic heterocycles. The minimum atomic E-state index is 0.751. The van der Waals surface area contributed by atoms with Gasteiger partial charge < -0.3 is 5.32 Å². The summed E-state index contributed by atoms with van der Waals surface area (Å²) in [5, 5.41) is 3.92. The molecule has 0 radical (unpaired) electrons. The largest absolute Gasteiger partial charge is 0.381 e. The van der Waals surface area contributed by atoms with Gasteiger partial charge in [-0.05, 0) is 74.2 Å². The van der Waals surface area contributed by atoms with Crippen molar-refractivity contribution in [3.05, 3.63) is 24.3 Å². The topological polar surface area (TPSA) is 12.0 Å². The Labute approximate surface area is 120 Å². The average Bonchev–Trinajstić information content (AvgIpc) is 2.42. The SMILES string of the molecule is CSc1ccccc1NC1C2CC3CC(C2)CC1C3. The van der Waals surface area contributed by atoms with Gasteiger partial charge in [-0.1, -0.05) is 12.1 Å². The lowest BCUT2D eigenvalue weighted by Gasteiger charge is -2.54. The van der Waals surface area contributed by atoms with E-state index >= 15 is 0 Å². The minimum Gasteiger partial charge on any atom is -0.381 e. The van der Waals surface area contributed by atoms with Crippen molar-refractivity contribution >= 4 is 17.4 Å². The van der Waals surface area contributed by atoms with Crippen LogP contribution in [0.2, 0.25) is 0 Å². The second-order valence-corrected chi connectivity index (χ2v) is 7.65. The molecule has 0 atom stereocenters. The van der Waals surface area contributed by atoms with Crippen LogP contribution in [0.1, 0.15) is 32.1 Å². The number of rotatable bonds is 3. The Morgan fingerprint density at radius 3 is 2.21 bits per heavy atom. The van der Waals surface area contributed by atoms with E-state index in [4.69, 9.17) is 0 Å². The lowest BCUT2D eigenvalue weighted by atomic mass is 9.54. The van der Waals surface area contributed by atoms with Crippen LogP contribution in [-0.2, 0) is 0 Å². The van der Waals surface area contributed by atoms with Gasteiger partial charge in [-0.15, -0.1) is 11.8 Å². The van der Waals surface area contributed by atoms with Gasteiger partial charge in [0, 0.05) is 16.6 Å². The normalized spacial score (nSPS) is 39.5. The molecule has 0 amide bonds. The molecular weight excluding hydrogens is 250 g/mol.